The third kappa shape index (κ3) is 2.29. The van der Waals surface area contributed by atoms with E-state index in [9.17, 15) is 8.78 Å². The van der Waals surface area contributed by atoms with Crippen LogP contribution in [0.1, 0.15) is 5.56 Å². The average molecular weight is 206 g/mol. The van der Waals surface area contributed by atoms with Crippen molar-refractivity contribution in [3.05, 3.63) is 46.4 Å². The molecule has 1 N–H and O–H groups in total. The molecule has 0 heterocycles. The fourth-order valence-electron chi connectivity index (χ4n) is 0.916. The molecule has 0 aromatic heterocycles. The largest absolute Gasteiger partial charge is 0.503 e. The zero-order chi connectivity index (χ0) is 11.4. The molecule has 0 radical (unpaired) electrons. The predicted octanol–water partition coefficient (Wildman–Crippen LogP) is 2.45. The number of nitrogens with zero attached hydrogens (tertiary/aromatic N) is 2. The van der Waals surface area contributed by atoms with Crippen molar-refractivity contribution >= 4 is 6.08 Å². The molecular weight excluding hydrogens is 202 g/mol. The summed E-state index contributed by atoms with van der Waals surface area (Å²) in [6, 6.07) is 3.22. The maximum Gasteiger partial charge on any atom is 0.262 e. The minimum Gasteiger partial charge on any atom is -0.503 e. The maximum absolute atomic E-state index is 12.8. The van der Waals surface area contributed by atoms with Gasteiger partial charge in [0.25, 0.3) is 5.70 Å². The van der Waals surface area contributed by atoms with Crippen LogP contribution < -0.4 is 0 Å². The monoisotopic (exact) mass is 206 g/mol. The van der Waals surface area contributed by atoms with Crippen LogP contribution >= 0.6 is 0 Å². The second kappa shape index (κ2) is 4.21. The zero-order valence-corrected chi connectivity index (χ0v) is 7.33. The standard InChI is InChI=1S/C10H4F2N2O/c1-14-7(5-13)2-6-3-8(11)10(15)9(12)4-6/h2-4,15H. The Morgan fingerprint density at radius 1 is 1.47 bits per heavy atom. The molecule has 0 bridgehead atoms. The molecule has 15 heavy (non-hydrogen) atoms. The van der Waals surface area contributed by atoms with Crippen LogP contribution in [0.5, 0.6) is 5.75 Å². The van der Waals surface area contributed by atoms with Crippen molar-refractivity contribution < 1.29 is 13.9 Å². The molecule has 0 aliphatic carbocycles. The van der Waals surface area contributed by atoms with E-state index in [-0.39, 0.29) is 11.3 Å². The molecule has 1 rings (SSSR count). The fraction of sp³-hybridized carbons (Fsp3) is 0. The quantitative estimate of drug-likeness (QED) is 0.566. The molecular formula is C10H4F2N2O. The molecule has 1 aromatic carbocycles. The molecule has 3 nitrogen and oxygen atoms in total. The van der Waals surface area contributed by atoms with Crippen LogP contribution in [0, 0.1) is 29.5 Å². The number of rotatable bonds is 1. The van der Waals surface area contributed by atoms with E-state index in [1.165, 1.54) is 0 Å². The second-order valence-corrected chi connectivity index (χ2v) is 2.59. The lowest BCUT2D eigenvalue weighted by atomic mass is 10.1. The number of hydrogen-bond acceptors (Lipinski definition) is 2. The third-order valence-corrected chi connectivity index (χ3v) is 1.58. The van der Waals surface area contributed by atoms with Crippen molar-refractivity contribution in [2.45, 2.75) is 0 Å². The van der Waals surface area contributed by atoms with Gasteiger partial charge in [-0.15, -0.1) is 0 Å². The molecule has 0 spiro atoms. The number of benzene rings is 1. The van der Waals surface area contributed by atoms with Gasteiger partial charge in [0.15, 0.2) is 17.4 Å². The van der Waals surface area contributed by atoms with Crippen LogP contribution in [0.4, 0.5) is 8.78 Å². The van der Waals surface area contributed by atoms with Crippen molar-refractivity contribution in [1.29, 1.82) is 5.26 Å². The van der Waals surface area contributed by atoms with Crippen LogP contribution in [-0.2, 0) is 0 Å². The van der Waals surface area contributed by atoms with Crippen LogP contribution in [-0.4, -0.2) is 5.11 Å². The van der Waals surface area contributed by atoms with E-state index in [4.69, 9.17) is 16.9 Å². The Morgan fingerprint density at radius 2 is 2.00 bits per heavy atom. The van der Waals surface area contributed by atoms with Gasteiger partial charge >= 0.3 is 0 Å². The average Bonchev–Trinajstić information content (AvgIpc) is 2.22. The van der Waals surface area contributed by atoms with E-state index in [1.807, 2.05) is 0 Å². The van der Waals surface area contributed by atoms with Crippen molar-refractivity contribution in [2.24, 2.45) is 0 Å². The SMILES string of the molecule is [C-]#[N+]C(C#N)=Cc1cc(F)c(O)c(F)c1. The van der Waals surface area contributed by atoms with Crippen molar-refractivity contribution in [1.82, 2.24) is 0 Å². The first-order valence-electron chi connectivity index (χ1n) is 3.75. The summed E-state index contributed by atoms with van der Waals surface area (Å²) in [5, 5.41) is 17.2. The summed E-state index contributed by atoms with van der Waals surface area (Å²) in [5.41, 5.74) is -0.283. The van der Waals surface area contributed by atoms with Crippen molar-refractivity contribution in [2.75, 3.05) is 0 Å². The number of phenols is 1. The lowest BCUT2D eigenvalue weighted by molar-refractivity contribution is 0.396. The first-order valence-corrected chi connectivity index (χ1v) is 3.75. The third-order valence-electron chi connectivity index (χ3n) is 1.58. The molecule has 0 amide bonds. The molecule has 0 aliphatic rings. The molecule has 1 aromatic rings. The van der Waals surface area contributed by atoms with E-state index in [0.717, 1.165) is 18.2 Å². The molecule has 0 atom stereocenters. The second-order valence-electron chi connectivity index (χ2n) is 2.59. The van der Waals surface area contributed by atoms with E-state index in [1.54, 1.807) is 6.07 Å². The van der Waals surface area contributed by atoms with Gasteiger partial charge in [-0.3, -0.25) is 0 Å². The molecule has 74 valence electrons. The minimum atomic E-state index is -1.14. The van der Waals surface area contributed by atoms with Gasteiger partial charge in [0.2, 0.25) is 0 Å². The summed E-state index contributed by atoms with van der Waals surface area (Å²) in [6.07, 6.45) is 1.03. The molecule has 0 aliphatic heterocycles. The van der Waals surface area contributed by atoms with Gasteiger partial charge in [0, 0.05) is 0 Å². The molecule has 0 saturated carbocycles. The normalized spacial score (nSPS) is 10.5. The van der Waals surface area contributed by atoms with Gasteiger partial charge in [0.1, 0.15) is 0 Å². The summed E-state index contributed by atoms with van der Waals surface area (Å²) < 4.78 is 25.6. The summed E-state index contributed by atoms with van der Waals surface area (Å²) >= 11 is 0. The Kier molecular flexibility index (Phi) is 3.00. The number of halogens is 2. The highest BCUT2D eigenvalue weighted by Crippen LogP contribution is 2.22. The Balaban J connectivity index is 3.26. The van der Waals surface area contributed by atoms with Crippen LogP contribution in [0.15, 0.2) is 17.8 Å². The van der Waals surface area contributed by atoms with Crippen LogP contribution in [0.25, 0.3) is 10.9 Å². The van der Waals surface area contributed by atoms with E-state index in [2.05, 4.69) is 4.85 Å². The molecule has 0 saturated heterocycles. The molecule has 5 heteroatoms. The number of nitriles is 1. The number of hydrogen-bond donors (Lipinski definition) is 1. The lowest BCUT2D eigenvalue weighted by Crippen LogP contribution is -1.85. The van der Waals surface area contributed by atoms with Gasteiger partial charge in [0.05, 0.1) is 12.6 Å². The Morgan fingerprint density at radius 3 is 2.40 bits per heavy atom. The van der Waals surface area contributed by atoms with Gasteiger partial charge < -0.3 is 5.11 Å². The highest BCUT2D eigenvalue weighted by atomic mass is 19.1. The van der Waals surface area contributed by atoms with Crippen molar-refractivity contribution in [3.63, 3.8) is 0 Å². The van der Waals surface area contributed by atoms with E-state index >= 15 is 0 Å². The Labute approximate surface area is 84.3 Å². The smallest absolute Gasteiger partial charge is 0.262 e. The van der Waals surface area contributed by atoms with E-state index in [0.29, 0.717) is 0 Å². The topological polar surface area (TPSA) is 48.4 Å². The van der Waals surface area contributed by atoms with Crippen LogP contribution in [0.3, 0.4) is 0 Å². The van der Waals surface area contributed by atoms with Crippen LogP contribution in [0.2, 0.25) is 0 Å². The molecule has 0 fully saturated rings. The minimum absolute atomic E-state index is 0.00958. The summed E-state index contributed by atoms with van der Waals surface area (Å²) in [4.78, 5) is 2.83. The number of allylic oxidation sites excluding steroid dienone is 1. The highest BCUT2D eigenvalue weighted by Gasteiger charge is 2.08. The van der Waals surface area contributed by atoms with E-state index < -0.39 is 17.4 Å². The maximum atomic E-state index is 12.8. The Bertz CT molecular complexity index is 470. The van der Waals surface area contributed by atoms with Crippen molar-refractivity contribution in [3.8, 4) is 11.8 Å². The predicted molar refractivity (Wildman–Crippen MR) is 48.2 cm³/mol. The number of aromatic hydroxyl groups is 1. The summed E-state index contributed by atoms with van der Waals surface area (Å²) in [6.45, 7) is 6.56. The highest BCUT2D eigenvalue weighted by molar-refractivity contribution is 5.59. The van der Waals surface area contributed by atoms with Gasteiger partial charge in [-0.25, -0.2) is 18.9 Å². The fourth-order valence-corrected chi connectivity index (χ4v) is 0.916. The molecule has 0 unspecified atom stereocenters. The van der Waals surface area contributed by atoms with Gasteiger partial charge in [-0.1, -0.05) is 0 Å². The number of phenolic OH excluding ortho intramolecular Hbond substituents is 1. The van der Waals surface area contributed by atoms with Gasteiger partial charge in [-0.2, -0.15) is 0 Å². The zero-order valence-electron chi connectivity index (χ0n) is 7.33. The summed E-state index contributed by atoms with van der Waals surface area (Å²) in [7, 11) is 0. The lowest BCUT2D eigenvalue weighted by Gasteiger charge is -1.99. The first kappa shape index (κ1) is 10.7. The Hall–Kier alpha value is -2.40. The summed E-state index contributed by atoms with van der Waals surface area (Å²) in [5.74, 6) is -3.35. The first-order chi connectivity index (χ1) is 7.08. The van der Waals surface area contributed by atoms with Gasteiger partial charge in [-0.05, 0) is 23.8 Å².